The van der Waals surface area contributed by atoms with Gasteiger partial charge in [-0.2, -0.15) is 0 Å². The average molecular weight is 538 g/mol. The molecule has 0 unspecified atom stereocenters. The van der Waals surface area contributed by atoms with Crippen molar-refractivity contribution in [3.05, 3.63) is 106 Å². The van der Waals surface area contributed by atoms with Gasteiger partial charge in [-0.25, -0.2) is 4.39 Å². The van der Waals surface area contributed by atoms with Gasteiger partial charge in [-0.15, -0.1) is 0 Å². The fraction of sp³-hybridized carbons (Fsp3) is 0.154. The predicted molar refractivity (Wildman–Crippen MR) is 136 cm³/mol. The SMILES string of the molecule is COc1ccc(CN2C(=S)N[C@@H](c3ccccn3)[C@@H]2c2ccc(-c3ccc(F)cc3Br)o2)cc1. The van der Waals surface area contributed by atoms with Gasteiger partial charge >= 0.3 is 0 Å². The molecule has 2 aromatic carbocycles. The summed E-state index contributed by atoms with van der Waals surface area (Å²) >= 11 is 9.19. The first-order valence-corrected chi connectivity index (χ1v) is 11.9. The lowest BCUT2D eigenvalue weighted by Gasteiger charge is -2.26. The number of nitrogens with one attached hydrogen (secondary N) is 1. The highest BCUT2D eigenvalue weighted by Crippen LogP contribution is 2.42. The molecule has 34 heavy (non-hydrogen) atoms. The van der Waals surface area contributed by atoms with Crippen LogP contribution in [0.4, 0.5) is 4.39 Å². The maximum atomic E-state index is 13.6. The van der Waals surface area contributed by atoms with E-state index in [0.29, 0.717) is 21.9 Å². The zero-order valence-electron chi connectivity index (χ0n) is 18.2. The van der Waals surface area contributed by atoms with E-state index in [0.717, 1.165) is 28.3 Å². The molecule has 3 heterocycles. The molecule has 2 aromatic heterocycles. The molecule has 1 N–H and O–H groups in total. The van der Waals surface area contributed by atoms with Crippen molar-refractivity contribution in [2.75, 3.05) is 7.11 Å². The second-order valence-electron chi connectivity index (χ2n) is 7.93. The van der Waals surface area contributed by atoms with E-state index in [2.05, 4.69) is 31.1 Å². The summed E-state index contributed by atoms with van der Waals surface area (Å²) in [6.07, 6.45) is 1.77. The molecular formula is C26H21BrFN3O2S. The molecule has 4 aromatic rings. The molecule has 0 aliphatic carbocycles. The van der Waals surface area contributed by atoms with Crippen LogP contribution < -0.4 is 10.1 Å². The number of methoxy groups -OCH3 is 1. The molecule has 1 saturated heterocycles. The number of ether oxygens (including phenoxy) is 1. The van der Waals surface area contributed by atoms with Crippen LogP contribution in [0.1, 0.15) is 29.1 Å². The Morgan fingerprint density at radius 3 is 2.65 bits per heavy atom. The average Bonchev–Trinajstić information content (AvgIpc) is 3.45. The van der Waals surface area contributed by atoms with Crippen molar-refractivity contribution in [2.45, 2.75) is 18.6 Å². The zero-order valence-corrected chi connectivity index (χ0v) is 20.6. The highest BCUT2D eigenvalue weighted by atomic mass is 79.9. The van der Waals surface area contributed by atoms with Crippen LogP contribution in [0.25, 0.3) is 11.3 Å². The smallest absolute Gasteiger partial charge is 0.170 e. The Labute approximate surface area is 210 Å². The van der Waals surface area contributed by atoms with Crippen molar-refractivity contribution in [2.24, 2.45) is 0 Å². The molecule has 5 rings (SSSR count). The van der Waals surface area contributed by atoms with Gasteiger partial charge in [0.05, 0.1) is 18.8 Å². The van der Waals surface area contributed by atoms with Gasteiger partial charge < -0.3 is 19.4 Å². The Morgan fingerprint density at radius 1 is 1.12 bits per heavy atom. The molecule has 1 aliphatic heterocycles. The van der Waals surface area contributed by atoms with E-state index in [4.69, 9.17) is 21.4 Å². The van der Waals surface area contributed by atoms with Crippen LogP contribution in [-0.2, 0) is 6.54 Å². The lowest BCUT2D eigenvalue weighted by Crippen LogP contribution is -2.29. The number of hydrogen-bond acceptors (Lipinski definition) is 4. The van der Waals surface area contributed by atoms with Crippen LogP contribution >= 0.6 is 28.1 Å². The quantitative estimate of drug-likeness (QED) is 0.286. The lowest BCUT2D eigenvalue weighted by atomic mass is 10.0. The Hall–Kier alpha value is -3.23. The number of thiocarbonyl (C=S) groups is 1. The van der Waals surface area contributed by atoms with E-state index >= 15 is 0 Å². The zero-order chi connectivity index (χ0) is 23.7. The normalized spacial score (nSPS) is 17.6. The number of halogens is 2. The van der Waals surface area contributed by atoms with Crippen LogP contribution in [0, 0.1) is 5.82 Å². The van der Waals surface area contributed by atoms with E-state index in [1.165, 1.54) is 12.1 Å². The summed E-state index contributed by atoms with van der Waals surface area (Å²) in [5, 5.41) is 4.05. The van der Waals surface area contributed by atoms with Crippen molar-refractivity contribution in [1.29, 1.82) is 0 Å². The number of furan rings is 1. The molecule has 1 aliphatic rings. The largest absolute Gasteiger partial charge is 0.497 e. The maximum absolute atomic E-state index is 13.6. The Balaban J connectivity index is 1.52. The van der Waals surface area contributed by atoms with Gasteiger partial charge in [0, 0.05) is 22.8 Å². The van der Waals surface area contributed by atoms with Gasteiger partial charge in [0.2, 0.25) is 0 Å². The first-order chi connectivity index (χ1) is 16.5. The molecule has 2 atom stereocenters. The number of hydrogen-bond donors (Lipinski definition) is 1. The molecule has 1 fully saturated rings. The topological polar surface area (TPSA) is 50.5 Å². The third-order valence-corrected chi connectivity index (χ3v) is 6.83. The van der Waals surface area contributed by atoms with Gasteiger partial charge in [0.25, 0.3) is 0 Å². The molecule has 0 amide bonds. The number of nitrogens with zero attached hydrogens (tertiary/aromatic N) is 2. The van der Waals surface area contributed by atoms with E-state index in [-0.39, 0.29) is 17.9 Å². The minimum atomic E-state index is -0.311. The first-order valence-electron chi connectivity index (χ1n) is 10.7. The van der Waals surface area contributed by atoms with Gasteiger partial charge in [-0.1, -0.05) is 18.2 Å². The van der Waals surface area contributed by atoms with Gasteiger partial charge in [0.1, 0.15) is 29.1 Å². The summed E-state index contributed by atoms with van der Waals surface area (Å²) in [6, 6.07) is 21.7. The molecule has 5 nitrogen and oxygen atoms in total. The van der Waals surface area contributed by atoms with Crippen molar-refractivity contribution in [3.63, 3.8) is 0 Å². The van der Waals surface area contributed by atoms with Crippen LogP contribution in [0.15, 0.2) is 87.9 Å². The Kier molecular flexibility index (Phi) is 6.34. The van der Waals surface area contributed by atoms with Crippen molar-refractivity contribution in [3.8, 4) is 17.1 Å². The van der Waals surface area contributed by atoms with Gasteiger partial charge in [-0.3, -0.25) is 4.98 Å². The molecule has 0 saturated carbocycles. The van der Waals surface area contributed by atoms with E-state index in [1.54, 1.807) is 19.4 Å². The molecule has 0 radical (unpaired) electrons. The summed E-state index contributed by atoms with van der Waals surface area (Å²) in [7, 11) is 1.65. The third kappa shape index (κ3) is 4.43. The maximum Gasteiger partial charge on any atom is 0.170 e. The first kappa shape index (κ1) is 22.6. The van der Waals surface area contributed by atoms with Crippen LogP contribution in [0.2, 0.25) is 0 Å². The highest BCUT2D eigenvalue weighted by Gasteiger charge is 2.41. The highest BCUT2D eigenvalue weighted by molar-refractivity contribution is 9.10. The summed E-state index contributed by atoms with van der Waals surface area (Å²) < 4.78 is 25.8. The second kappa shape index (κ2) is 9.56. The predicted octanol–water partition coefficient (Wildman–Crippen LogP) is 6.42. The van der Waals surface area contributed by atoms with Crippen LogP contribution in [-0.4, -0.2) is 22.1 Å². The molecule has 172 valence electrons. The molecule has 8 heteroatoms. The Morgan fingerprint density at radius 2 is 1.94 bits per heavy atom. The third-order valence-electron chi connectivity index (χ3n) is 5.82. The number of aromatic nitrogens is 1. The van der Waals surface area contributed by atoms with E-state index < -0.39 is 0 Å². The Bertz CT molecular complexity index is 1310. The molecule has 0 bridgehead atoms. The lowest BCUT2D eigenvalue weighted by molar-refractivity contribution is 0.269. The van der Waals surface area contributed by atoms with Crippen molar-refractivity contribution in [1.82, 2.24) is 15.2 Å². The fourth-order valence-electron chi connectivity index (χ4n) is 4.16. The summed E-state index contributed by atoms with van der Waals surface area (Å²) in [6.45, 7) is 0.583. The van der Waals surface area contributed by atoms with Gasteiger partial charge in [0.15, 0.2) is 5.11 Å². The summed E-state index contributed by atoms with van der Waals surface area (Å²) in [5.41, 5.74) is 2.73. The van der Waals surface area contributed by atoms with Gasteiger partial charge in [-0.05, 0) is 88.3 Å². The minimum Gasteiger partial charge on any atom is -0.497 e. The second-order valence-corrected chi connectivity index (χ2v) is 9.17. The molecular weight excluding hydrogens is 517 g/mol. The van der Waals surface area contributed by atoms with Crippen LogP contribution in [0.3, 0.4) is 0 Å². The standard InChI is InChI=1S/C26H21BrFN3O2S/c1-32-18-8-5-16(6-9-18)15-31-25(24(30-26(31)34)21-4-2-3-13-29-21)23-12-11-22(33-23)19-10-7-17(28)14-20(19)27/h2-14,24-25H,15H2,1H3,(H,30,34)/t24-,25-/m0/s1. The monoisotopic (exact) mass is 537 g/mol. The van der Waals surface area contributed by atoms with Crippen molar-refractivity contribution < 1.29 is 13.5 Å². The van der Waals surface area contributed by atoms with E-state index in [9.17, 15) is 4.39 Å². The summed E-state index contributed by atoms with van der Waals surface area (Å²) in [4.78, 5) is 6.68. The van der Waals surface area contributed by atoms with Crippen molar-refractivity contribution >= 4 is 33.3 Å². The minimum absolute atomic E-state index is 0.192. The number of rotatable bonds is 6. The fourth-order valence-corrected chi connectivity index (χ4v) is 5.01. The van der Waals surface area contributed by atoms with E-state index in [1.807, 2.05) is 54.6 Å². The number of pyridine rings is 1. The van der Waals surface area contributed by atoms with Crippen LogP contribution in [0.5, 0.6) is 5.75 Å². The number of benzene rings is 2. The molecule has 0 spiro atoms. The summed E-state index contributed by atoms with van der Waals surface area (Å²) in [5.74, 6) is 1.87.